The number of hydrogen-bond donors (Lipinski definition) is 0. The van der Waals surface area contributed by atoms with Crippen LogP contribution < -0.4 is 9.47 Å². The third-order valence-corrected chi connectivity index (χ3v) is 2.84. The third-order valence-electron chi connectivity index (χ3n) is 2.61. The van der Waals surface area contributed by atoms with Crippen molar-refractivity contribution in [3.8, 4) is 23.3 Å². The molecule has 0 radical (unpaired) electrons. The summed E-state index contributed by atoms with van der Waals surface area (Å²) in [5.41, 5.74) is 0.830. The number of carbonyl (C=O) groups is 1. The second-order valence-electron chi connectivity index (χ2n) is 3.88. The van der Waals surface area contributed by atoms with Crippen molar-refractivity contribution in [3.05, 3.63) is 52.5 Å². The lowest BCUT2D eigenvalue weighted by molar-refractivity contribution is 0.112. The van der Waals surface area contributed by atoms with Gasteiger partial charge in [-0.05, 0) is 30.3 Å². The molecule has 0 saturated heterocycles. The normalized spacial score (nSPS) is 9.65. The third kappa shape index (κ3) is 2.90. The van der Waals surface area contributed by atoms with E-state index in [0.717, 1.165) is 0 Å². The molecule has 2 aromatic carbocycles. The van der Waals surface area contributed by atoms with Crippen molar-refractivity contribution in [1.82, 2.24) is 0 Å². The highest BCUT2D eigenvalue weighted by Crippen LogP contribution is 2.34. The van der Waals surface area contributed by atoms with Crippen LogP contribution in [0.2, 0.25) is 5.02 Å². The van der Waals surface area contributed by atoms with Crippen LogP contribution in [0.1, 0.15) is 15.9 Å². The summed E-state index contributed by atoms with van der Waals surface area (Å²) >= 11 is 5.89. The maximum absolute atomic E-state index is 10.7. The first-order valence-corrected chi connectivity index (χ1v) is 6.06. The Morgan fingerprint density at radius 2 is 1.95 bits per heavy atom. The van der Waals surface area contributed by atoms with Crippen molar-refractivity contribution in [3.63, 3.8) is 0 Å². The Bertz CT molecular complexity index is 692. The maximum Gasteiger partial charge on any atom is 0.169 e. The first-order chi connectivity index (χ1) is 9.67. The molecule has 0 saturated carbocycles. The summed E-state index contributed by atoms with van der Waals surface area (Å²) in [6, 6.07) is 11.5. The number of methoxy groups -OCH3 is 1. The van der Waals surface area contributed by atoms with Crippen LogP contribution in [0.15, 0.2) is 36.4 Å². The zero-order valence-corrected chi connectivity index (χ0v) is 11.3. The topological polar surface area (TPSA) is 59.3 Å². The summed E-state index contributed by atoms with van der Waals surface area (Å²) in [6.45, 7) is 0. The van der Waals surface area contributed by atoms with Crippen LogP contribution >= 0.6 is 11.6 Å². The van der Waals surface area contributed by atoms with Gasteiger partial charge in [0, 0.05) is 16.7 Å². The van der Waals surface area contributed by atoms with Gasteiger partial charge >= 0.3 is 0 Å². The van der Waals surface area contributed by atoms with Crippen LogP contribution in [0.4, 0.5) is 0 Å². The van der Waals surface area contributed by atoms with Gasteiger partial charge in [0.2, 0.25) is 0 Å². The molecule has 0 spiro atoms. The molecule has 0 unspecified atom stereocenters. The van der Waals surface area contributed by atoms with Crippen molar-refractivity contribution < 1.29 is 14.3 Å². The van der Waals surface area contributed by atoms with Gasteiger partial charge in [-0.1, -0.05) is 11.6 Å². The zero-order valence-electron chi connectivity index (χ0n) is 10.6. The first kappa shape index (κ1) is 13.9. The number of benzene rings is 2. The molecular formula is C15H10ClNO3. The van der Waals surface area contributed by atoms with E-state index in [9.17, 15) is 4.79 Å². The second kappa shape index (κ2) is 6.09. The highest BCUT2D eigenvalue weighted by atomic mass is 35.5. The Morgan fingerprint density at radius 3 is 2.60 bits per heavy atom. The predicted molar refractivity (Wildman–Crippen MR) is 74.6 cm³/mol. The lowest BCUT2D eigenvalue weighted by Gasteiger charge is -2.11. The minimum absolute atomic E-state index is 0.331. The highest BCUT2D eigenvalue weighted by Gasteiger charge is 2.10. The molecule has 4 nitrogen and oxygen atoms in total. The van der Waals surface area contributed by atoms with E-state index in [4.69, 9.17) is 26.3 Å². The molecule has 0 aliphatic carbocycles. The van der Waals surface area contributed by atoms with E-state index in [2.05, 4.69) is 0 Å². The Labute approximate surface area is 121 Å². The van der Waals surface area contributed by atoms with E-state index in [1.807, 2.05) is 6.07 Å². The number of aldehydes is 1. The molecule has 0 fully saturated rings. The van der Waals surface area contributed by atoms with Gasteiger partial charge in [-0.25, -0.2) is 0 Å². The first-order valence-electron chi connectivity index (χ1n) is 5.68. The van der Waals surface area contributed by atoms with E-state index in [0.29, 0.717) is 39.7 Å². The summed E-state index contributed by atoms with van der Waals surface area (Å²) in [7, 11) is 1.47. The van der Waals surface area contributed by atoms with Crippen LogP contribution in [0, 0.1) is 11.3 Å². The van der Waals surface area contributed by atoms with E-state index in [1.165, 1.54) is 7.11 Å². The van der Waals surface area contributed by atoms with Crippen molar-refractivity contribution in [2.24, 2.45) is 0 Å². The molecular weight excluding hydrogens is 278 g/mol. The smallest absolute Gasteiger partial charge is 0.169 e. The molecule has 5 heteroatoms. The van der Waals surface area contributed by atoms with E-state index >= 15 is 0 Å². The van der Waals surface area contributed by atoms with Gasteiger partial charge in [-0.3, -0.25) is 4.79 Å². The number of nitriles is 1. The molecule has 0 atom stereocenters. The van der Waals surface area contributed by atoms with Crippen molar-refractivity contribution in [1.29, 1.82) is 5.26 Å². The largest absolute Gasteiger partial charge is 0.493 e. The summed E-state index contributed by atoms with van der Waals surface area (Å²) in [5, 5.41) is 9.51. The number of carbonyl (C=O) groups excluding carboxylic acids is 1. The van der Waals surface area contributed by atoms with Gasteiger partial charge in [-0.15, -0.1) is 0 Å². The molecule has 0 aromatic heterocycles. The number of rotatable bonds is 4. The zero-order chi connectivity index (χ0) is 14.5. The van der Waals surface area contributed by atoms with Crippen LogP contribution in [0.5, 0.6) is 17.2 Å². The fraction of sp³-hybridized carbons (Fsp3) is 0.0667. The molecule has 2 rings (SSSR count). The van der Waals surface area contributed by atoms with Gasteiger partial charge in [0.15, 0.2) is 11.5 Å². The molecule has 0 aliphatic heterocycles. The Hall–Kier alpha value is -2.51. The molecule has 100 valence electrons. The minimum Gasteiger partial charge on any atom is -0.493 e. The quantitative estimate of drug-likeness (QED) is 0.802. The molecule has 0 N–H and O–H groups in total. The summed E-state index contributed by atoms with van der Waals surface area (Å²) in [5.74, 6) is 1.13. The Balaban J connectivity index is 2.42. The van der Waals surface area contributed by atoms with E-state index in [1.54, 1.807) is 36.4 Å². The van der Waals surface area contributed by atoms with E-state index in [-0.39, 0.29) is 0 Å². The summed E-state index contributed by atoms with van der Waals surface area (Å²) in [4.78, 5) is 10.7. The SMILES string of the molecule is COc1cc(C=O)ccc1Oc1cc(Cl)ccc1C#N. The van der Waals surface area contributed by atoms with Crippen LogP contribution in [-0.2, 0) is 0 Å². The fourth-order valence-electron chi connectivity index (χ4n) is 1.63. The van der Waals surface area contributed by atoms with Gasteiger partial charge in [0.1, 0.15) is 18.1 Å². The van der Waals surface area contributed by atoms with Crippen LogP contribution in [0.3, 0.4) is 0 Å². The standard InChI is InChI=1S/C15H10ClNO3/c1-19-15-6-10(9-18)2-5-13(15)20-14-7-12(16)4-3-11(14)8-17/h2-7,9H,1H3. The molecule has 0 bridgehead atoms. The van der Waals surface area contributed by atoms with Crippen molar-refractivity contribution >= 4 is 17.9 Å². The minimum atomic E-state index is 0.331. The Kier molecular flexibility index (Phi) is 4.24. The molecule has 0 heterocycles. The van der Waals surface area contributed by atoms with Crippen LogP contribution in [-0.4, -0.2) is 13.4 Å². The number of hydrogen-bond acceptors (Lipinski definition) is 4. The average molecular weight is 288 g/mol. The highest BCUT2D eigenvalue weighted by molar-refractivity contribution is 6.30. The number of nitrogens with zero attached hydrogens (tertiary/aromatic N) is 1. The van der Waals surface area contributed by atoms with Gasteiger partial charge in [0.05, 0.1) is 12.7 Å². The molecule has 2 aromatic rings. The lowest BCUT2D eigenvalue weighted by Crippen LogP contribution is -1.93. The van der Waals surface area contributed by atoms with E-state index < -0.39 is 0 Å². The van der Waals surface area contributed by atoms with Gasteiger partial charge in [-0.2, -0.15) is 5.26 Å². The molecule has 0 amide bonds. The number of ether oxygens (including phenoxy) is 2. The second-order valence-corrected chi connectivity index (χ2v) is 4.32. The maximum atomic E-state index is 10.7. The molecule has 0 aliphatic rings. The fourth-order valence-corrected chi connectivity index (χ4v) is 1.80. The van der Waals surface area contributed by atoms with Crippen molar-refractivity contribution in [2.45, 2.75) is 0 Å². The lowest BCUT2D eigenvalue weighted by atomic mass is 10.2. The Morgan fingerprint density at radius 1 is 1.15 bits per heavy atom. The van der Waals surface area contributed by atoms with Crippen molar-refractivity contribution in [2.75, 3.05) is 7.11 Å². The number of halogens is 1. The summed E-state index contributed by atoms with van der Waals surface area (Å²) in [6.07, 6.45) is 0.715. The van der Waals surface area contributed by atoms with Crippen LogP contribution in [0.25, 0.3) is 0 Å². The summed E-state index contributed by atoms with van der Waals surface area (Å²) < 4.78 is 10.8. The monoisotopic (exact) mass is 287 g/mol. The average Bonchev–Trinajstić information content (AvgIpc) is 2.48. The predicted octanol–water partition coefficient (Wildman–Crippen LogP) is 3.83. The molecule has 20 heavy (non-hydrogen) atoms. The van der Waals surface area contributed by atoms with Gasteiger partial charge < -0.3 is 9.47 Å². The van der Waals surface area contributed by atoms with Gasteiger partial charge in [0.25, 0.3) is 0 Å².